The standard InChI is InChI=1S/C14H14ClN3OS/c15-11-2-1-3-12(10-11)17-5-7-18(8-6-17)14(19)13-16-4-9-20-13/h1-4,9-10H,5-8H2. The number of benzene rings is 1. The van der Waals surface area contributed by atoms with E-state index < -0.39 is 0 Å². The molecule has 2 heterocycles. The maximum Gasteiger partial charge on any atom is 0.282 e. The van der Waals surface area contributed by atoms with E-state index >= 15 is 0 Å². The lowest BCUT2D eigenvalue weighted by atomic mass is 10.2. The van der Waals surface area contributed by atoms with Crippen LogP contribution in [0.15, 0.2) is 35.8 Å². The number of thiazole rings is 1. The summed E-state index contributed by atoms with van der Waals surface area (Å²) in [4.78, 5) is 20.4. The highest BCUT2D eigenvalue weighted by molar-refractivity contribution is 7.11. The van der Waals surface area contributed by atoms with Gasteiger partial charge in [-0.2, -0.15) is 0 Å². The van der Waals surface area contributed by atoms with Gasteiger partial charge in [-0.15, -0.1) is 11.3 Å². The van der Waals surface area contributed by atoms with Gasteiger partial charge in [0, 0.05) is 48.5 Å². The summed E-state index contributed by atoms with van der Waals surface area (Å²) in [5.41, 5.74) is 1.11. The number of aromatic nitrogens is 1. The zero-order valence-corrected chi connectivity index (χ0v) is 12.4. The molecule has 2 aromatic rings. The number of anilines is 1. The van der Waals surface area contributed by atoms with Crippen molar-refractivity contribution in [3.8, 4) is 0 Å². The van der Waals surface area contributed by atoms with Gasteiger partial charge in [0.05, 0.1) is 0 Å². The van der Waals surface area contributed by atoms with Gasteiger partial charge < -0.3 is 9.80 Å². The van der Waals surface area contributed by atoms with Gasteiger partial charge in [-0.3, -0.25) is 4.79 Å². The van der Waals surface area contributed by atoms with Crippen LogP contribution in [0, 0.1) is 0 Å². The van der Waals surface area contributed by atoms with Gasteiger partial charge >= 0.3 is 0 Å². The molecule has 3 rings (SSSR count). The van der Waals surface area contributed by atoms with Gasteiger partial charge in [0.25, 0.3) is 5.91 Å². The number of nitrogens with zero attached hydrogens (tertiary/aromatic N) is 3. The molecule has 1 aromatic heterocycles. The largest absolute Gasteiger partial charge is 0.368 e. The van der Waals surface area contributed by atoms with Gasteiger partial charge in [-0.25, -0.2) is 4.98 Å². The van der Waals surface area contributed by atoms with Crippen LogP contribution in [0.5, 0.6) is 0 Å². The molecule has 1 amide bonds. The SMILES string of the molecule is O=C(c1nccs1)N1CCN(c2cccc(Cl)c2)CC1. The van der Waals surface area contributed by atoms with Gasteiger partial charge in [0.1, 0.15) is 0 Å². The first-order valence-electron chi connectivity index (χ1n) is 6.43. The van der Waals surface area contributed by atoms with E-state index in [1.165, 1.54) is 11.3 Å². The molecule has 20 heavy (non-hydrogen) atoms. The van der Waals surface area contributed by atoms with Crippen LogP contribution in [0.3, 0.4) is 0 Å². The number of carbonyl (C=O) groups excluding carboxylic acids is 1. The zero-order valence-electron chi connectivity index (χ0n) is 10.8. The minimum atomic E-state index is 0.0331. The Kier molecular flexibility index (Phi) is 3.89. The first-order chi connectivity index (χ1) is 9.74. The first kappa shape index (κ1) is 13.4. The minimum absolute atomic E-state index is 0.0331. The van der Waals surface area contributed by atoms with Crippen molar-refractivity contribution < 1.29 is 4.79 Å². The van der Waals surface area contributed by atoms with E-state index in [9.17, 15) is 4.79 Å². The van der Waals surface area contributed by atoms with Crippen molar-refractivity contribution in [2.24, 2.45) is 0 Å². The van der Waals surface area contributed by atoms with Crippen molar-refractivity contribution in [2.75, 3.05) is 31.1 Å². The average molecular weight is 308 g/mol. The van der Waals surface area contributed by atoms with Gasteiger partial charge in [-0.05, 0) is 18.2 Å². The van der Waals surface area contributed by atoms with Crippen LogP contribution in [0.1, 0.15) is 9.80 Å². The number of carbonyl (C=O) groups is 1. The third-order valence-corrected chi connectivity index (χ3v) is 4.35. The second-order valence-electron chi connectivity index (χ2n) is 4.60. The summed E-state index contributed by atoms with van der Waals surface area (Å²) in [5, 5.41) is 3.14. The van der Waals surface area contributed by atoms with Crippen LogP contribution in [-0.4, -0.2) is 42.0 Å². The Morgan fingerprint density at radius 1 is 1.25 bits per heavy atom. The Bertz CT molecular complexity index is 594. The first-order valence-corrected chi connectivity index (χ1v) is 7.69. The summed E-state index contributed by atoms with van der Waals surface area (Å²) >= 11 is 7.40. The molecule has 1 aromatic carbocycles. The molecule has 104 valence electrons. The van der Waals surface area contributed by atoms with Crippen LogP contribution < -0.4 is 4.90 Å². The number of rotatable bonds is 2. The molecular formula is C14H14ClN3OS. The molecule has 0 spiro atoms. The molecule has 1 aliphatic heterocycles. The normalized spacial score (nSPS) is 15.4. The topological polar surface area (TPSA) is 36.4 Å². The van der Waals surface area contributed by atoms with Gasteiger partial charge in [0.2, 0.25) is 0 Å². The molecule has 1 fully saturated rings. The Hall–Kier alpha value is -1.59. The number of amides is 1. The molecule has 6 heteroatoms. The maximum absolute atomic E-state index is 12.2. The van der Waals surface area contributed by atoms with E-state index in [0.717, 1.165) is 23.8 Å². The lowest BCUT2D eigenvalue weighted by Gasteiger charge is -2.35. The summed E-state index contributed by atoms with van der Waals surface area (Å²) in [6, 6.07) is 7.82. The van der Waals surface area contributed by atoms with Crippen LogP contribution >= 0.6 is 22.9 Å². The Labute approximate surface area is 126 Å². The fraction of sp³-hybridized carbons (Fsp3) is 0.286. The second-order valence-corrected chi connectivity index (χ2v) is 5.93. The van der Waals surface area contributed by atoms with Crippen LogP contribution in [0.4, 0.5) is 5.69 Å². The molecule has 1 saturated heterocycles. The molecule has 0 N–H and O–H groups in total. The van der Waals surface area contributed by atoms with Crippen molar-refractivity contribution in [3.63, 3.8) is 0 Å². The van der Waals surface area contributed by atoms with E-state index in [0.29, 0.717) is 18.1 Å². The predicted molar refractivity (Wildman–Crippen MR) is 81.7 cm³/mol. The lowest BCUT2D eigenvalue weighted by Crippen LogP contribution is -2.48. The predicted octanol–water partition coefficient (Wildman–Crippen LogP) is 2.76. The van der Waals surface area contributed by atoms with Crippen molar-refractivity contribution in [2.45, 2.75) is 0 Å². The summed E-state index contributed by atoms with van der Waals surface area (Å²) in [5.74, 6) is 0.0331. The number of hydrogen-bond donors (Lipinski definition) is 0. The number of hydrogen-bond acceptors (Lipinski definition) is 4. The third-order valence-electron chi connectivity index (χ3n) is 3.36. The van der Waals surface area contributed by atoms with E-state index in [2.05, 4.69) is 9.88 Å². The highest BCUT2D eigenvalue weighted by Crippen LogP contribution is 2.21. The number of halogens is 1. The molecule has 0 saturated carbocycles. The maximum atomic E-state index is 12.2. The summed E-state index contributed by atoms with van der Waals surface area (Å²) in [7, 11) is 0. The van der Waals surface area contributed by atoms with Crippen molar-refractivity contribution in [1.29, 1.82) is 0 Å². The molecule has 0 atom stereocenters. The molecule has 0 aliphatic carbocycles. The van der Waals surface area contributed by atoms with Crippen LogP contribution in [0.25, 0.3) is 0 Å². The molecule has 0 unspecified atom stereocenters. The van der Waals surface area contributed by atoms with E-state index in [1.807, 2.05) is 34.5 Å². The quantitative estimate of drug-likeness (QED) is 0.856. The molecule has 0 radical (unpaired) electrons. The number of piperazine rings is 1. The second kappa shape index (κ2) is 5.81. The lowest BCUT2D eigenvalue weighted by molar-refractivity contribution is 0.0746. The molecule has 0 bridgehead atoms. The highest BCUT2D eigenvalue weighted by Gasteiger charge is 2.23. The molecule has 1 aliphatic rings. The van der Waals surface area contributed by atoms with Crippen LogP contribution in [0.2, 0.25) is 5.02 Å². The summed E-state index contributed by atoms with van der Waals surface area (Å²) < 4.78 is 0. The van der Waals surface area contributed by atoms with E-state index in [4.69, 9.17) is 11.6 Å². The Morgan fingerprint density at radius 2 is 2.05 bits per heavy atom. The van der Waals surface area contributed by atoms with Crippen molar-refractivity contribution >= 4 is 34.5 Å². The average Bonchev–Trinajstić information content (AvgIpc) is 3.01. The third kappa shape index (κ3) is 2.78. The van der Waals surface area contributed by atoms with Gasteiger partial charge in [0.15, 0.2) is 5.01 Å². The van der Waals surface area contributed by atoms with Crippen molar-refractivity contribution in [1.82, 2.24) is 9.88 Å². The fourth-order valence-electron chi connectivity index (χ4n) is 2.30. The Morgan fingerprint density at radius 3 is 2.70 bits per heavy atom. The van der Waals surface area contributed by atoms with E-state index in [-0.39, 0.29) is 5.91 Å². The van der Waals surface area contributed by atoms with Gasteiger partial charge in [-0.1, -0.05) is 17.7 Å². The smallest absolute Gasteiger partial charge is 0.282 e. The van der Waals surface area contributed by atoms with E-state index in [1.54, 1.807) is 6.20 Å². The molecular weight excluding hydrogens is 294 g/mol. The molecule has 4 nitrogen and oxygen atoms in total. The zero-order chi connectivity index (χ0) is 13.9. The Balaban J connectivity index is 1.64. The highest BCUT2D eigenvalue weighted by atomic mass is 35.5. The summed E-state index contributed by atoms with van der Waals surface area (Å²) in [6.45, 7) is 3.06. The summed E-state index contributed by atoms with van der Waals surface area (Å²) in [6.07, 6.45) is 1.67. The fourth-order valence-corrected chi connectivity index (χ4v) is 3.09. The van der Waals surface area contributed by atoms with Crippen LogP contribution in [-0.2, 0) is 0 Å². The minimum Gasteiger partial charge on any atom is -0.368 e. The van der Waals surface area contributed by atoms with Crippen molar-refractivity contribution in [3.05, 3.63) is 45.9 Å². The monoisotopic (exact) mass is 307 g/mol.